The van der Waals surface area contributed by atoms with Crippen LogP contribution in [0.25, 0.3) is 0 Å². The number of rotatable bonds is 6. The Labute approximate surface area is 170 Å². The molecule has 29 heavy (non-hydrogen) atoms. The summed E-state index contributed by atoms with van der Waals surface area (Å²) in [5.74, 6) is 0.317. The van der Waals surface area contributed by atoms with Gasteiger partial charge in [-0.15, -0.1) is 0 Å². The SMILES string of the molecule is NC(N)=NCCc1ccccc1.NC(N)=NCCc1ccccc1.O=S(=O)(O)O. The third-order valence-corrected chi connectivity index (χ3v) is 3.08. The van der Waals surface area contributed by atoms with Gasteiger partial charge in [-0.2, -0.15) is 8.42 Å². The van der Waals surface area contributed by atoms with Crippen molar-refractivity contribution in [3.05, 3.63) is 71.8 Å². The molecular weight excluding hydrogens is 396 g/mol. The summed E-state index contributed by atoms with van der Waals surface area (Å²) in [5.41, 5.74) is 23.2. The molecule has 0 saturated heterocycles. The lowest BCUT2D eigenvalue weighted by Crippen LogP contribution is -2.23. The van der Waals surface area contributed by atoms with Crippen LogP contribution in [0.15, 0.2) is 70.6 Å². The molecule has 2 aromatic rings. The average molecular weight is 425 g/mol. The maximum Gasteiger partial charge on any atom is 0.394 e. The fourth-order valence-electron chi connectivity index (χ4n) is 1.92. The van der Waals surface area contributed by atoms with Crippen molar-refractivity contribution in [1.29, 1.82) is 0 Å². The van der Waals surface area contributed by atoms with E-state index in [1.54, 1.807) is 0 Å². The van der Waals surface area contributed by atoms with E-state index in [-0.39, 0.29) is 11.9 Å². The van der Waals surface area contributed by atoms with Gasteiger partial charge in [-0.1, -0.05) is 60.7 Å². The minimum Gasteiger partial charge on any atom is -0.370 e. The maximum absolute atomic E-state index is 8.74. The van der Waals surface area contributed by atoms with Crippen LogP contribution in [-0.2, 0) is 23.2 Å². The highest BCUT2D eigenvalue weighted by Gasteiger charge is 1.90. The van der Waals surface area contributed by atoms with Crippen LogP contribution in [0.4, 0.5) is 0 Å². The highest BCUT2D eigenvalue weighted by Crippen LogP contribution is 1.99. The van der Waals surface area contributed by atoms with E-state index in [9.17, 15) is 0 Å². The number of guanidine groups is 2. The molecule has 10 N–H and O–H groups in total. The second-order valence-corrected chi connectivity index (χ2v) is 6.43. The first kappa shape index (κ1) is 25.9. The second-order valence-electron chi connectivity index (χ2n) is 5.53. The van der Waals surface area contributed by atoms with Crippen LogP contribution < -0.4 is 22.9 Å². The van der Waals surface area contributed by atoms with Crippen LogP contribution in [0.3, 0.4) is 0 Å². The highest BCUT2D eigenvalue weighted by atomic mass is 32.3. The molecule has 0 radical (unpaired) electrons. The Balaban J connectivity index is 0.000000442. The fourth-order valence-corrected chi connectivity index (χ4v) is 1.92. The largest absolute Gasteiger partial charge is 0.394 e. The molecule has 2 aromatic carbocycles. The van der Waals surface area contributed by atoms with E-state index in [0.717, 1.165) is 12.8 Å². The number of nitrogens with two attached hydrogens (primary N) is 4. The molecule has 0 heterocycles. The van der Waals surface area contributed by atoms with Gasteiger partial charge >= 0.3 is 10.4 Å². The fraction of sp³-hybridized carbons (Fsp3) is 0.222. The van der Waals surface area contributed by atoms with E-state index >= 15 is 0 Å². The molecule has 0 atom stereocenters. The van der Waals surface area contributed by atoms with Crippen molar-refractivity contribution in [3.8, 4) is 0 Å². The Morgan fingerprint density at radius 1 is 0.690 bits per heavy atom. The van der Waals surface area contributed by atoms with E-state index in [0.29, 0.717) is 13.1 Å². The number of hydrogen-bond acceptors (Lipinski definition) is 4. The zero-order valence-electron chi connectivity index (χ0n) is 15.9. The lowest BCUT2D eigenvalue weighted by Gasteiger charge is -1.96. The summed E-state index contributed by atoms with van der Waals surface area (Å²) in [6, 6.07) is 20.2. The Hall–Kier alpha value is -3.15. The van der Waals surface area contributed by atoms with Crippen molar-refractivity contribution in [1.82, 2.24) is 0 Å². The van der Waals surface area contributed by atoms with Crippen LogP contribution in [0.2, 0.25) is 0 Å². The topological polar surface area (TPSA) is 203 Å². The summed E-state index contributed by atoms with van der Waals surface area (Å²) in [7, 11) is -4.67. The molecule has 10 nitrogen and oxygen atoms in total. The second kappa shape index (κ2) is 14.9. The van der Waals surface area contributed by atoms with Gasteiger partial charge in [0.2, 0.25) is 0 Å². The summed E-state index contributed by atoms with van der Waals surface area (Å²) in [5, 5.41) is 0. The van der Waals surface area contributed by atoms with Gasteiger partial charge < -0.3 is 22.9 Å². The highest BCUT2D eigenvalue weighted by molar-refractivity contribution is 7.79. The van der Waals surface area contributed by atoms with E-state index < -0.39 is 10.4 Å². The number of nitrogens with zero attached hydrogens (tertiary/aromatic N) is 2. The van der Waals surface area contributed by atoms with Gasteiger partial charge in [0.25, 0.3) is 0 Å². The van der Waals surface area contributed by atoms with Gasteiger partial charge in [0.15, 0.2) is 11.9 Å². The molecule has 0 saturated carbocycles. The molecule has 0 spiro atoms. The molecule has 160 valence electrons. The molecule has 0 unspecified atom stereocenters. The smallest absolute Gasteiger partial charge is 0.370 e. The third kappa shape index (κ3) is 21.0. The minimum atomic E-state index is -4.67. The quantitative estimate of drug-likeness (QED) is 0.216. The normalized spacial score (nSPS) is 9.72. The van der Waals surface area contributed by atoms with Crippen molar-refractivity contribution in [2.45, 2.75) is 12.8 Å². The van der Waals surface area contributed by atoms with Gasteiger partial charge in [-0.25, -0.2) is 0 Å². The predicted molar refractivity (Wildman–Crippen MR) is 116 cm³/mol. The van der Waals surface area contributed by atoms with Crippen LogP contribution in [0, 0.1) is 0 Å². The molecule has 2 rings (SSSR count). The first-order valence-corrected chi connectivity index (χ1v) is 9.86. The van der Waals surface area contributed by atoms with Crippen molar-refractivity contribution < 1.29 is 17.5 Å². The van der Waals surface area contributed by atoms with E-state index in [1.807, 2.05) is 36.4 Å². The molecule has 0 aliphatic carbocycles. The zero-order valence-corrected chi connectivity index (χ0v) is 16.7. The monoisotopic (exact) mass is 424 g/mol. The summed E-state index contributed by atoms with van der Waals surface area (Å²) >= 11 is 0. The Morgan fingerprint density at radius 2 is 0.966 bits per heavy atom. The van der Waals surface area contributed by atoms with Crippen molar-refractivity contribution in [2.75, 3.05) is 13.1 Å². The van der Waals surface area contributed by atoms with Gasteiger partial charge in [0, 0.05) is 13.1 Å². The Kier molecular flexibility index (Phi) is 13.2. The van der Waals surface area contributed by atoms with Gasteiger partial charge in [-0.3, -0.25) is 19.1 Å². The molecule has 0 aromatic heterocycles. The van der Waals surface area contributed by atoms with Crippen molar-refractivity contribution >= 4 is 22.3 Å². The number of benzene rings is 2. The number of hydrogen-bond donors (Lipinski definition) is 6. The van der Waals surface area contributed by atoms with Crippen molar-refractivity contribution in [3.63, 3.8) is 0 Å². The van der Waals surface area contributed by atoms with Crippen LogP contribution >= 0.6 is 0 Å². The first-order valence-electron chi connectivity index (χ1n) is 8.46. The Morgan fingerprint density at radius 3 is 1.21 bits per heavy atom. The average Bonchev–Trinajstić information content (AvgIpc) is 2.62. The van der Waals surface area contributed by atoms with Gasteiger partial charge in [0.1, 0.15) is 0 Å². The lowest BCUT2D eigenvalue weighted by molar-refractivity contribution is 0.381. The third-order valence-electron chi connectivity index (χ3n) is 3.08. The summed E-state index contributed by atoms with van der Waals surface area (Å²) in [6.45, 7) is 1.32. The molecule has 0 aliphatic rings. The Bertz CT molecular complexity index is 770. The molecule has 0 fully saturated rings. The van der Waals surface area contributed by atoms with E-state index in [4.69, 9.17) is 40.5 Å². The van der Waals surface area contributed by atoms with Crippen LogP contribution in [0.5, 0.6) is 0 Å². The van der Waals surface area contributed by atoms with E-state index in [1.165, 1.54) is 11.1 Å². The summed E-state index contributed by atoms with van der Waals surface area (Å²) in [6.07, 6.45) is 1.78. The predicted octanol–water partition coefficient (Wildman–Crippen LogP) is 0.352. The molecule has 0 amide bonds. The molecular formula is C18H28N6O4S. The number of aliphatic imine (C=N–C) groups is 2. The lowest BCUT2D eigenvalue weighted by atomic mass is 10.2. The standard InChI is InChI=1S/2C9H13N3.H2O4S/c2*10-9(11)12-7-6-8-4-2-1-3-5-8;1-5(2,3)4/h2*1-5H,6-7H2,(H4,10,11,12);(H2,1,2,3,4). The summed E-state index contributed by atoms with van der Waals surface area (Å²) in [4.78, 5) is 7.78. The minimum absolute atomic E-state index is 0.158. The molecule has 0 aliphatic heterocycles. The molecule has 0 bridgehead atoms. The molecule has 11 heteroatoms. The van der Waals surface area contributed by atoms with E-state index in [2.05, 4.69) is 34.3 Å². The first-order chi connectivity index (χ1) is 13.6. The van der Waals surface area contributed by atoms with Gasteiger partial charge in [0.05, 0.1) is 0 Å². The maximum atomic E-state index is 8.74. The van der Waals surface area contributed by atoms with Crippen molar-refractivity contribution in [2.24, 2.45) is 32.9 Å². The summed E-state index contributed by atoms with van der Waals surface area (Å²) < 4.78 is 31.6. The zero-order chi connectivity index (χ0) is 22.1. The van der Waals surface area contributed by atoms with Crippen LogP contribution in [-0.4, -0.2) is 42.5 Å². The van der Waals surface area contributed by atoms with Gasteiger partial charge in [-0.05, 0) is 24.0 Å². The van der Waals surface area contributed by atoms with Crippen LogP contribution in [0.1, 0.15) is 11.1 Å².